The van der Waals surface area contributed by atoms with Crippen LogP contribution in [0, 0.1) is 0 Å². The standard InChI is InChI=1S/C76H126O6/c1-4-7-10-13-16-19-22-25-28-30-31-32-33-34-35-36-37-38-39-40-41-42-43-44-45-47-48-51-54-57-60-63-66-69-75(78)81-72-73(71-80-74(77)68-65-62-59-56-53-50-27-24-21-18-15-12-9-6-3)82-76(79)70-67-64-61-58-55-52-49-46-29-26-23-20-17-14-11-8-5-2/h7-8,10-11,16-17,19-20,24-29,31-32,34-35,49,52,58,61,73H,4-6,9,12-15,18,21-23,30,33,36-48,50-51,53-57,59-60,62-72H2,1-3H3/b10-7-,11-8-,19-16-,20-17-,27-24-,28-25-,29-26-,32-31-,35-34-,52-49-,61-58-. The number of allylic oxidation sites excluding steroid dienone is 22. The maximum atomic E-state index is 12.9. The highest BCUT2D eigenvalue weighted by molar-refractivity contribution is 5.71. The SMILES string of the molecule is CC/C=C\C/C=C\C/C=C\C/C=C\C/C=C\CCCCCCCCCCCCCCCCCCCC(=O)OCC(COC(=O)CCCCCCC/C=C\CCCCCCC)OC(=O)CCC/C=C\C/C=C\C/C=C\C/C=C\C/C=C\CC. The Balaban J connectivity index is 4.26. The van der Waals surface area contributed by atoms with E-state index < -0.39 is 6.10 Å². The van der Waals surface area contributed by atoms with Crippen LogP contribution in [0.2, 0.25) is 0 Å². The van der Waals surface area contributed by atoms with Crippen LogP contribution in [0.3, 0.4) is 0 Å². The lowest BCUT2D eigenvalue weighted by Crippen LogP contribution is -2.30. The zero-order valence-corrected chi connectivity index (χ0v) is 53.5. The van der Waals surface area contributed by atoms with Crippen LogP contribution in [-0.4, -0.2) is 37.2 Å². The maximum Gasteiger partial charge on any atom is 0.306 e. The summed E-state index contributed by atoms with van der Waals surface area (Å²) in [7, 11) is 0. The first kappa shape index (κ1) is 77.5. The van der Waals surface area contributed by atoms with E-state index in [1.807, 2.05) is 0 Å². The van der Waals surface area contributed by atoms with Gasteiger partial charge in [0.1, 0.15) is 13.2 Å². The molecule has 0 spiro atoms. The number of unbranched alkanes of at least 4 members (excludes halogenated alkanes) is 28. The van der Waals surface area contributed by atoms with Crippen LogP contribution in [0.25, 0.3) is 0 Å². The van der Waals surface area contributed by atoms with Crippen LogP contribution in [0.1, 0.15) is 310 Å². The summed E-state index contributed by atoms with van der Waals surface area (Å²) in [5.41, 5.74) is 0. The summed E-state index contributed by atoms with van der Waals surface area (Å²) in [6.45, 7) is 6.37. The minimum Gasteiger partial charge on any atom is -0.462 e. The van der Waals surface area contributed by atoms with Crippen molar-refractivity contribution in [3.63, 3.8) is 0 Å². The van der Waals surface area contributed by atoms with Crippen LogP contribution in [0.5, 0.6) is 0 Å². The molecule has 1 atom stereocenters. The number of hydrogen-bond acceptors (Lipinski definition) is 6. The van der Waals surface area contributed by atoms with E-state index in [9.17, 15) is 14.4 Å². The van der Waals surface area contributed by atoms with Crippen LogP contribution in [0.15, 0.2) is 134 Å². The molecule has 0 aromatic heterocycles. The molecule has 0 N–H and O–H groups in total. The Kier molecular flexibility index (Phi) is 65.3. The Morgan fingerprint density at radius 1 is 0.256 bits per heavy atom. The van der Waals surface area contributed by atoms with Crippen molar-refractivity contribution in [1.82, 2.24) is 0 Å². The van der Waals surface area contributed by atoms with Gasteiger partial charge in [-0.25, -0.2) is 0 Å². The number of esters is 3. The van der Waals surface area contributed by atoms with Gasteiger partial charge in [0.15, 0.2) is 6.10 Å². The van der Waals surface area contributed by atoms with Crippen molar-refractivity contribution in [1.29, 1.82) is 0 Å². The van der Waals surface area contributed by atoms with E-state index in [-0.39, 0.29) is 37.5 Å². The van der Waals surface area contributed by atoms with Gasteiger partial charge < -0.3 is 14.2 Å². The third-order valence-corrected chi connectivity index (χ3v) is 14.4. The van der Waals surface area contributed by atoms with Crippen molar-refractivity contribution in [3.8, 4) is 0 Å². The molecule has 466 valence electrons. The Morgan fingerprint density at radius 2 is 0.488 bits per heavy atom. The van der Waals surface area contributed by atoms with E-state index in [0.29, 0.717) is 19.3 Å². The van der Waals surface area contributed by atoms with Gasteiger partial charge in [-0.15, -0.1) is 0 Å². The van der Waals surface area contributed by atoms with Crippen molar-refractivity contribution < 1.29 is 28.6 Å². The van der Waals surface area contributed by atoms with Gasteiger partial charge in [-0.2, -0.15) is 0 Å². The summed E-state index contributed by atoms with van der Waals surface area (Å²) in [6.07, 6.45) is 97.7. The predicted octanol–water partition coefficient (Wildman–Crippen LogP) is 23.7. The molecular weight excluding hydrogens is 1010 g/mol. The highest BCUT2D eigenvalue weighted by Gasteiger charge is 2.19. The molecule has 6 heteroatoms. The Hall–Kier alpha value is -4.45. The molecule has 0 aliphatic rings. The van der Waals surface area contributed by atoms with Crippen molar-refractivity contribution in [3.05, 3.63) is 134 Å². The third kappa shape index (κ3) is 66.4. The van der Waals surface area contributed by atoms with Crippen LogP contribution in [0.4, 0.5) is 0 Å². The minimum absolute atomic E-state index is 0.104. The van der Waals surface area contributed by atoms with Gasteiger partial charge in [0, 0.05) is 19.3 Å². The fourth-order valence-electron chi connectivity index (χ4n) is 9.32. The van der Waals surface area contributed by atoms with Crippen molar-refractivity contribution in [2.24, 2.45) is 0 Å². The molecule has 0 heterocycles. The highest BCUT2D eigenvalue weighted by atomic mass is 16.6. The topological polar surface area (TPSA) is 78.9 Å². The Bertz CT molecular complexity index is 1730. The quantitative estimate of drug-likeness (QED) is 0.0261. The fourth-order valence-corrected chi connectivity index (χ4v) is 9.32. The molecule has 0 aliphatic carbocycles. The molecule has 6 nitrogen and oxygen atoms in total. The van der Waals surface area contributed by atoms with Gasteiger partial charge in [0.25, 0.3) is 0 Å². The molecule has 0 aromatic rings. The smallest absolute Gasteiger partial charge is 0.306 e. The van der Waals surface area contributed by atoms with Crippen LogP contribution >= 0.6 is 0 Å². The van der Waals surface area contributed by atoms with Crippen LogP contribution in [-0.2, 0) is 28.6 Å². The molecule has 0 amide bonds. The molecule has 0 radical (unpaired) electrons. The van der Waals surface area contributed by atoms with Gasteiger partial charge in [-0.05, 0) is 128 Å². The molecule has 0 fully saturated rings. The average Bonchev–Trinajstić information content (AvgIpc) is 3.47. The lowest BCUT2D eigenvalue weighted by molar-refractivity contribution is -0.167. The zero-order chi connectivity index (χ0) is 59.2. The normalized spacial score (nSPS) is 13.0. The first-order valence-electron chi connectivity index (χ1n) is 34.2. The van der Waals surface area contributed by atoms with E-state index in [1.54, 1.807) is 0 Å². The molecule has 0 saturated heterocycles. The van der Waals surface area contributed by atoms with E-state index in [0.717, 1.165) is 122 Å². The van der Waals surface area contributed by atoms with E-state index in [1.165, 1.54) is 141 Å². The molecule has 1 unspecified atom stereocenters. The Morgan fingerprint density at radius 3 is 0.793 bits per heavy atom. The van der Waals surface area contributed by atoms with E-state index >= 15 is 0 Å². The number of hydrogen-bond donors (Lipinski definition) is 0. The molecule has 0 rings (SSSR count). The molecule has 82 heavy (non-hydrogen) atoms. The summed E-state index contributed by atoms with van der Waals surface area (Å²) in [5.74, 6) is -0.965. The second-order valence-electron chi connectivity index (χ2n) is 22.3. The van der Waals surface area contributed by atoms with Gasteiger partial charge in [-0.3, -0.25) is 14.4 Å². The lowest BCUT2D eigenvalue weighted by Gasteiger charge is -2.18. The summed E-state index contributed by atoms with van der Waals surface area (Å²) in [6, 6.07) is 0. The summed E-state index contributed by atoms with van der Waals surface area (Å²) >= 11 is 0. The molecule has 0 aliphatic heterocycles. The second-order valence-corrected chi connectivity index (χ2v) is 22.3. The minimum atomic E-state index is -0.814. The van der Waals surface area contributed by atoms with Crippen LogP contribution < -0.4 is 0 Å². The van der Waals surface area contributed by atoms with Gasteiger partial charge in [0.2, 0.25) is 0 Å². The average molecular weight is 1140 g/mol. The Labute approximate surface area is 506 Å². The van der Waals surface area contributed by atoms with Gasteiger partial charge in [-0.1, -0.05) is 296 Å². The molecular formula is C76H126O6. The second kappa shape index (κ2) is 69.0. The van der Waals surface area contributed by atoms with Crippen molar-refractivity contribution >= 4 is 17.9 Å². The number of carbonyl (C=O) groups excluding carboxylic acids is 3. The number of ether oxygens (including phenoxy) is 3. The van der Waals surface area contributed by atoms with E-state index in [2.05, 4.69) is 154 Å². The lowest BCUT2D eigenvalue weighted by atomic mass is 10.0. The van der Waals surface area contributed by atoms with E-state index in [4.69, 9.17) is 14.2 Å². The summed E-state index contributed by atoms with van der Waals surface area (Å²) in [5, 5.41) is 0. The summed E-state index contributed by atoms with van der Waals surface area (Å²) in [4.78, 5) is 38.3. The fraction of sp³-hybridized carbons (Fsp3) is 0.671. The molecule has 0 aromatic carbocycles. The molecule has 0 bridgehead atoms. The first-order chi connectivity index (χ1) is 40.5. The molecule has 0 saturated carbocycles. The number of rotatable bonds is 61. The zero-order valence-electron chi connectivity index (χ0n) is 53.5. The monoisotopic (exact) mass is 1130 g/mol. The maximum absolute atomic E-state index is 12.9. The predicted molar refractivity (Wildman–Crippen MR) is 357 cm³/mol. The van der Waals surface area contributed by atoms with Crippen molar-refractivity contribution in [2.75, 3.05) is 13.2 Å². The largest absolute Gasteiger partial charge is 0.462 e. The van der Waals surface area contributed by atoms with Gasteiger partial charge in [0.05, 0.1) is 0 Å². The first-order valence-corrected chi connectivity index (χ1v) is 34.2. The highest BCUT2D eigenvalue weighted by Crippen LogP contribution is 2.16. The third-order valence-electron chi connectivity index (χ3n) is 14.4. The number of carbonyl (C=O) groups is 3. The van der Waals surface area contributed by atoms with Crippen molar-refractivity contribution in [2.45, 2.75) is 316 Å². The summed E-state index contributed by atoms with van der Waals surface area (Å²) < 4.78 is 16.9. The van der Waals surface area contributed by atoms with Gasteiger partial charge >= 0.3 is 17.9 Å².